The summed E-state index contributed by atoms with van der Waals surface area (Å²) >= 11 is 0. The summed E-state index contributed by atoms with van der Waals surface area (Å²) in [6, 6.07) is 7.94. The Bertz CT molecular complexity index is 591. The fraction of sp³-hybridized carbons (Fsp3) is 0.579. The van der Waals surface area contributed by atoms with E-state index in [-0.39, 0.29) is 42.7 Å². The van der Waals surface area contributed by atoms with Gasteiger partial charge in [-0.3, -0.25) is 14.5 Å². The van der Waals surface area contributed by atoms with E-state index >= 15 is 0 Å². The summed E-state index contributed by atoms with van der Waals surface area (Å²) in [4.78, 5) is 28.4. The van der Waals surface area contributed by atoms with Gasteiger partial charge in [-0.1, -0.05) is 25.1 Å². The third-order valence-electron chi connectivity index (χ3n) is 4.58. The molecular formula is C19H32Cl2N4O2. The fourth-order valence-corrected chi connectivity index (χ4v) is 3.01. The molecule has 0 aromatic heterocycles. The van der Waals surface area contributed by atoms with Crippen molar-refractivity contribution in [1.29, 1.82) is 0 Å². The number of amides is 2. The van der Waals surface area contributed by atoms with E-state index in [2.05, 4.69) is 17.1 Å². The summed E-state index contributed by atoms with van der Waals surface area (Å²) in [5.41, 5.74) is 7.74. The van der Waals surface area contributed by atoms with Crippen LogP contribution in [-0.4, -0.2) is 60.4 Å². The lowest BCUT2D eigenvalue weighted by Gasteiger charge is -2.34. The highest BCUT2D eigenvalue weighted by Gasteiger charge is 2.22. The van der Waals surface area contributed by atoms with Crippen molar-refractivity contribution in [3.05, 3.63) is 29.8 Å². The molecule has 0 saturated carbocycles. The second kappa shape index (κ2) is 12.9. The molecule has 6 nitrogen and oxygen atoms in total. The molecule has 0 bridgehead atoms. The number of hydrogen-bond donors (Lipinski definition) is 2. The third-order valence-corrected chi connectivity index (χ3v) is 4.58. The van der Waals surface area contributed by atoms with Gasteiger partial charge < -0.3 is 16.0 Å². The molecule has 1 atom stereocenters. The predicted molar refractivity (Wildman–Crippen MR) is 115 cm³/mol. The van der Waals surface area contributed by atoms with Crippen LogP contribution in [0.15, 0.2) is 24.3 Å². The van der Waals surface area contributed by atoms with E-state index in [0.717, 1.165) is 37.2 Å². The molecule has 0 aliphatic carbocycles. The second-order valence-electron chi connectivity index (χ2n) is 6.73. The second-order valence-corrected chi connectivity index (χ2v) is 6.73. The van der Waals surface area contributed by atoms with Crippen molar-refractivity contribution < 1.29 is 9.59 Å². The first kappa shape index (κ1) is 25.7. The van der Waals surface area contributed by atoms with E-state index in [4.69, 9.17) is 5.73 Å². The highest BCUT2D eigenvalue weighted by atomic mass is 35.5. The molecule has 1 heterocycles. The lowest BCUT2D eigenvalue weighted by Crippen LogP contribution is -2.50. The molecule has 0 radical (unpaired) electrons. The van der Waals surface area contributed by atoms with E-state index in [1.807, 2.05) is 36.1 Å². The van der Waals surface area contributed by atoms with Gasteiger partial charge in [0, 0.05) is 44.3 Å². The highest BCUT2D eigenvalue weighted by molar-refractivity contribution is 5.93. The molecule has 8 heteroatoms. The molecule has 1 aromatic carbocycles. The van der Waals surface area contributed by atoms with Gasteiger partial charge in [0.1, 0.15) is 0 Å². The Labute approximate surface area is 174 Å². The van der Waals surface area contributed by atoms with Crippen LogP contribution in [0.4, 0.5) is 5.69 Å². The number of carbonyl (C=O) groups is 2. The van der Waals surface area contributed by atoms with Gasteiger partial charge in [0.25, 0.3) is 0 Å². The number of anilines is 1. The smallest absolute Gasteiger partial charge is 0.238 e. The number of hydrogen-bond acceptors (Lipinski definition) is 4. The maximum Gasteiger partial charge on any atom is 0.238 e. The van der Waals surface area contributed by atoms with Crippen LogP contribution in [0.3, 0.4) is 0 Å². The number of rotatable bonds is 7. The van der Waals surface area contributed by atoms with Gasteiger partial charge in [-0.05, 0) is 31.4 Å². The molecule has 1 fully saturated rings. The Hall–Kier alpha value is -1.34. The average molecular weight is 419 g/mol. The van der Waals surface area contributed by atoms with Crippen LogP contribution in [0.2, 0.25) is 0 Å². The summed E-state index contributed by atoms with van der Waals surface area (Å²) in [5, 5.41) is 3.00. The van der Waals surface area contributed by atoms with Crippen LogP contribution >= 0.6 is 24.8 Å². The SMILES string of the molecule is CCc1ccccc1NC(=O)CN1CCN(C(=O)CCC(C)N)CC1.Cl.Cl. The molecule has 1 aliphatic heterocycles. The zero-order chi connectivity index (χ0) is 18.2. The summed E-state index contributed by atoms with van der Waals surface area (Å²) in [5.74, 6) is 0.163. The van der Waals surface area contributed by atoms with Crippen LogP contribution in [-0.2, 0) is 16.0 Å². The van der Waals surface area contributed by atoms with Gasteiger partial charge in [0.2, 0.25) is 11.8 Å². The molecule has 2 amide bonds. The Balaban J connectivity index is 0.00000338. The van der Waals surface area contributed by atoms with Crippen LogP contribution < -0.4 is 11.1 Å². The standard InChI is InChI=1S/C19H30N4O2.2ClH/c1-3-16-6-4-5-7-17(16)21-18(24)14-22-10-12-23(13-11-22)19(25)9-8-15(2)20;;/h4-7,15H,3,8-14,20H2,1-2H3,(H,21,24);2*1H. The van der Waals surface area contributed by atoms with Crippen molar-refractivity contribution in [3.63, 3.8) is 0 Å². The van der Waals surface area contributed by atoms with E-state index in [9.17, 15) is 9.59 Å². The monoisotopic (exact) mass is 418 g/mol. The largest absolute Gasteiger partial charge is 0.340 e. The van der Waals surface area contributed by atoms with Gasteiger partial charge in [-0.15, -0.1) is 24.8 Å². The van der Waals surface area contributed by atoms with E-state index in [0.29, 0.717) is 26.1 Å². The number of aryl methyl sites for hydroxylation is 1. The molecule has 2 rings (SSSR count). The zero-order valence-corrected chi connectivity index (χ0v) is 17.8. The van der Waals surface area contributed by atoms with Crippen LogP contribution in [0.5, 0.6) is 0 Å². The molecule has 3 N–H and O–H groups in total. The third kappa shape index (κ3) is 8.47. The van der Waals surface area contributed by atoms with Gasteiger partial charge in [-0.25, -0.2) is 0 Å². The average Bonchev–Trinajstić information content (AvgIpc) is 2.60. The number of carbonyl (C=O) groups excluding carboxylic acids is 2. The fourth-order valence-electron chi connectivity index (χ4n) is 3.01. The molecule has 27 heavy (non-hydrogen) atoms. The number of nitrogens with zero attached hydrogens (tertiary/aromatic N) is 2. The van der Waals surface area contributed by atoms with Gasteiger partial charge >= 0.3 is 0 Å². The van der Waals surface area contributed by atoms with Crippen molar-refractivity contribution >= 4 is 42.3 Å². The van der Waals surface area contributed by atoms with Gasteiger partial charge in [0.15, 0.2) is 0 Å². The molecule has 1 saturated heterocycles. The maximum absolute atomic E-state index is 12.3. The Morgan fingerprint density at radius 3 is 2.37 bits per heavy atom. The van der Waals surface area contributed by atoms with Crippen molar-refractivity contribution in [1.82, 2.24) is 9.80 Å². The van der Waals surface area contributed by atoms with Crippen molar-refractivity contribution in [2.24, 2.45) is 5.73 Å². The van der Waals surface area contributed by atoms with E-state index in [1.54, 1.807) is 0 Å². The first-order valence-electron chi connectivity index (χ1n) is 9.13. The number of para-hydroxylation sites is 1. The number of benzene rings is 1. The number of nitrogens with two attached hydrogens (primary N) is 1. The normalized spacial score (nSPS) is 15.3. The lowest BCUT2D eigenvalue weighted by atomic mass is 10.1. The van der Waals surface area contributed by atoms with Crippen LogP contribution in [0, 0.1) is 0 Å². The highest BCUT2D eigenvalue weighted by Crippen LogP contribution is 2.15. The first-order chi connectivity index (χ1) is 12.0. The Morgan fingerprint density at radius 2 is 1.78 bits per heavy atom. The summed E-state index contributed by atoms with van der Waals surface area (Å²) in [7, 11) is 0. The van der Waals surface area contributed by atoms with Gasteiger partial charge in [0.05, 0.1) is 6.54 Å². The van der Waals surface area contributed by atoms with Gasteiger partial charge in [-0.2, -0.15) is 0 Å². The molecule has 1 aliphatic rings. The van der Waals surface area contributed by atoms with Crippen LogP contribution in [0.25, 0.3) is 0 Å². The van der Waals surface area contributed by atoms with Crippen molar-refractivity contribution in [2.45, 2.75) is 39.2 Å². The van der Waals surface area contributed by atoms with E-state index in [1.165, 1.54) is 0 Å². The number of nitrogens with one attached hydrogen (secondary N) is 1. The number of piperazine rings is 1. The number of halogens is 2. The summed E-state index contributed by atoms with van der Waals surface area (Å²) in [6.07, 6.45) is 2.11. The quantitative estimate of drug-likeness (QED) is 0.711. The minimum absolute atomic E-state index is 0. The topological polar surface area (TPSA) is 78.7 Å². The predicted octanol–water partition coefficient (Wildman–Crippen LogP) is 2.30. The Morgan fingerprint density at radius 1 is 1.15 bits per heavy atom. The zero-order valence-electron chi connectivity index (χ0n) is 16.1. The minimum Gasteiger partial charge on any atom is -0.340 e. The molecular weight excluding hydrogens is 387 g/mol. The molecule has 154 valence electrons. The molecule has 0 spiro atoms. The maximum atomic E-state index is 12.3. The van der Waals surface area contributed by atoms with Crippen molar-refractivity contribution in [2.75, 3.05) is 38.0 Å². The van der Waals surface area contributed by atoms with Crippen LogP contribution in [0.1, 0.15) is 32.3 Å². The summed E-state index contributed by atoms with van der Waals surface area (Å²) in [6.45, 7) is 7.17. The van der Waals surface area contributed by atoms with E-state index < -0.39 is 0 Å². The summed E-state index contributed by atoms with van der Waals surface area (Å²) < 4.78 is 0. The molecule has 1 aromatic rings. The Kier molecular flexibility index (Phi) is 12.3. The van der Waals surface area contributed by atoms with Crippen molar-refractivity contribution in [3.8, 4) is 0 Å². The molecule has 1 unspecified atom stereocenters. The minimum atomic E-state index is -0.00219. The first-order valence-corrected chi connectivity index (χ1v) is 9.13. The lowest BCUT2D eigenvalue weighted by molar-refractivity contribution is -0.133.